The molecule has 3 nitrogen and oxygen atoms in total. The van der Waals surface area contributed by atoms with Crippen LogP contribution in [0, 0.1) is 6.92 Å². The lowest BCUT2D eigenvalue weighted by molar-refractivity contribution is -0.129. The van der Waals surface area contributed by atoms with E-state index in [-0.39, 0.29) is 5.91 Å². The largest absolute Gasteiger partial charge is 0.390 e. The maximum Gasteiger partial charge on any atom is 0.226 e. The average molecular weight is 275 g/mol. The number of rotatable bonds is 5. The summed E-state index contributed by atoms with van der Waals surface area (Å²) in [4.78, 5) is 14.0. The first-order valence-corrected chi connectivity index (χ1v) is 7.51. The molecule has 1 fully saturated rings. The van der Waals surface area contributed by atoms with Gasteiger partial charge >= 0.3 is 0 Å². The second-order valence-corrected chi connectivity index (χ2v) is 6.10. The van der Waals surface area contributed by atoms with Gasteiger partial charge in [-0.15, -0.1) is 0 Å². The normalized spacial score (nSPS) is 17.1. The predicted octanol–water partition coefficient (Wildman–Crippen LogP) is 2.69. The molecule has 0 aromatic heterocycles. The molecule has 0 atom stereocenters. The Hall–Kier alpha value is -1.35. The van der Waals surface area contributed by atoms with Gasteiger partial charge in [0.2, 0.25) is 5.91 Å². The Morgan fingerprint density at radius 1 is 1.30 bits per heavy atom. The van der Waals surface area contributed by atoms with E-state index < -0.39 is 5.60 Å². The van der Waals surface area contributed by atoms with Crippen LogP contribution in [0.1, 0.15) is 43.2 Å². The zero-order valence-corrected chi connectivity index (χ0v) is 12.6. The third-order valence-corrected chi connectivity index (χ3v) is 4.48. The van der Waals surface area contributed by atoms with Crippen LogP contribution in [-0.2, 0) is 11.2 Å². The molecule has 1 aliphatic carbocycles. The van der Waals surface area contributed by atoms with Gasteiger partial charge in [0, 0.05) is 13.6 Å². The van der Waals surface area contributed by atoms with E-state index in [0.29, 0.717) is 19.4 Å². The van der Waals surface area contributed by atoms with E-state index in [4.69, 9.17) is 0 Å². The van der Waals surface area contributed by atoms with Crippen LogP contribution in [0.5, 0.6) is 0 Å². The van der Waals surface area contributed by atoms with Gasteiger partial charge in [-0.2, -0.15) is 0 Å². The molecule has 1 saturated carbocycles. The van der Waals surface area contributed by atoms with Crippen LogP contribution >= 0.6 is 0 Å². The van der Waals surface area contributed by atoms with Crippen LogP contribution in [-0.4, -0.2) is 35.1 Å². The first-order chi connectivity index (χ1) is 9.50. The number of benzene rings is 1. The van der Waals surface area contributed by atoms with Gasteiger partial charge in [-0.25, -0.2) is 0 Å². The number of aryl methyl sites for hydroxylation is 1. The molecule has 1 aliphatic rings. The van der Waals surface area contributed by atoms with Crippen LogP contribution in [0.4, 0.5) is 0 Å². The van der Waals surface area contributed by atoms with E-state index in [1.165, 1.54) is 0 Å². The van der Waals surface area contributed by atoms with E-state index in [2.05, 4.69) is 0 Å². The van der Waals surface area contributed by atoms with Crippen LogP contribution in [0.3, 0.4) is 0 Å². The number of nitrogens with zero attached hydrogens (tertiary/aromatic N) is 1. The second-order valence-electron chi connectivity index (χ2n) is 6.10. The molecule has 1 aromatic carbocycles. The third kappa shape index (κ3) is 3.83. The van der Waals surface area contributed by atoms with Gasteiger partial charge in [0.15, 0.2) is 0 Å². The van der Waals surface area contributed by atoms with Gasteiger partial charge in [-0.3, -0.25) is 4.79 Å². The second kappa shape index (κ2) is 6.40. The zero-order valence-electron chi connectivity index (χ0n) is 12.6. The lowest BCUT2D eigenvalue weighted by atomic mass is 9.97. The summed E-state index contributed by atoms with van der Waals surface area (Å²) < 4.78 is 0. The van der Waals surface area contributed by atoms with E-state index in [9.17, 15) is 9.90 Å². The van der Waals surface area contributed by atoms with Crippen molar-refractivity contribution in [3.8, 4) is 0 Å². The first-order valence-electron chi connectivity index (χ1n) is 7.51. The highest BCUT2D eigenvalue weighted by Crippen LogP contribution is 2.32. The molecule has 0 spiro atoms. The van der Waals surface area contributed by atoms with E-state index in [1.807, 2.05) is 38.2 Å². The quantitative estimate of drug-likeness (QED) is 0.897. The monoisotopic (exact) mass is 275 g/mol. The molecule has 0 aliphatic heterocycles. The van der Waals surface area contributed by atoms with Crippen molar-refractivity contribution in [2.24, 2.45) is 0 Å². The molecule has 0 heterocycles. The summed E-state index contributed by atoms with van der Waals surface area (Å²) in [6.07, 6.45) is 5.12. The molecule has 0 saturated heterocycles. The summed E-state index contributed by atoms with van der Waals surface area (Å²) >= 11 is 0. The molecule has 1 amide bonds. The highest BCUT2D eigenvalue weighted by atomic mass is 16.3. The number of likely N-dealkylation sites (N-methyl/N-ethyl adjacent to an activating group) is 1. The van der Waals surface area contributed by atoms with Crippen molar-refractivity contribution in [1.29, 1.82) is 0 Å². The Morgan fingerprint density at radius 2 is 1.95 bits per heavy atom. The first kappa shape index (κ1) is 15.0. The van der Waals surface area contributed by atoms with E-state index in [1.54, 1.807) is 4.90 Å². The Balaban J connectivity index is 1.84. The van der Waals surface area contributed by atoms with Crippen molar-refractivity contribution in [2.45, 2.75) is 51.0 Å². The zero-order chi connectivity index (χ0) is 14.6. The lowest BCUT2D eigenvalue weighted by Crippen LogP contribution is -2.35. The number of hydrogen-bond acceptors (Lipinski definition) is 2. The van der Waals surface area contributed by atoms with Gasteiger partial charge in [0.1, 0.15) is 0 Å². The van der Waals surface area contributed by atoms with Crippen molar-refractivity contribution in [3.63, 3.8) is 0 Å². The summed E-state index contributed by atoms with van der Waals surface area (Å²) in [5, 5.41) is 10.3. The van der Waals surface area contributed by atoms with E-state index in [0.717, 1.165) is 36.8 Å². The highest BCUT2D eigenvalue weighted by Gasteiger charge is 2.31. The molecular weight excluding hydrogens is 250 g/mol. The van der Waals surface area contributed by atoms with Crippen LogP contribution < -0.4 is 0 Å². The molecule has 3 heteroatoms. The number of carbonyl (C=O) groups excluding carboxylic acids is 1. The summed E-state index contributed by atoms with van der Waals surface area (Å²) in [6, 6.07) is 7.99. The number of amides is 1. The number of aliphatic hydroxyl groups is 1. The highest BCUT2D eigenvalue weighted by molar-refractivity contribution is 5.78. The number of carbonyl (C=O) groups is 1. The SMILES string of the molecule is Cc1ccccc1CC(=O)N(C)CCC1(O)CCCC1. The van der Waals surface area contributed by atoms with Gasteiger partial charge in [-0.1, -0.05) is 37.1 Å². The van der Waals surface area contributed by atoms with Gasteiger partial charge < -0.3 is 10.0 Å². The Bertz CT molecular complexity index is 464. The topological polar surface area (TPSA) is 40.5 Å². The minimum atomic E-state index is -0.531. The molecule has 0 radical (unpaired) electrons. The summed E-state index contributed by atoms with van der Waals surface area (Å²) in [6.45, 7) is 2.67. The van der Waals surface area contributed by atoms with Crippen molar-refractivity contribution in [3.05, 3.63) is 35.4 Å². The lowest BCUT2D eigenvalue weighted by Gasteiger charge is -2.26. The van der Waals surface area contributed by atoms with Crippen molar-refractivity contribution in [2.75, 3.05) is 13.6 Å². The average Bonchev–Trinajstić information content (AvgIpc) is 2.86. The summed E-state index contributed by atoms with van der Waals surface area (Å²) in [5.74, 6) is 0.126. The molecule has 0 bridgehead atoms. The molecule has 2 rings (SSSR count). The van der Waals surface area contributed by atoms with Crippen LogP contribution in [0.15, 0.2) is 24.3 Å². The molecule has 1 N–H and O–H groups in total. The van der Waals surface area contributed by atoms with Crippen LogP contribution in [0.25, 0.3) is 0 Å². The molecule has 0 unspecified atom stereocenters. The third-order valence-electron chi connectivity index (χ3n) is 4.48. The predicted molar refractivity (Wildman–Crippen MR) is 80.6 cm³/mol. The fraction of sp³-hybridized carbons (Fsp3) is 0.588. The smallest absolute Gasteiger partial charge is 0.226 e. The molecule has 1 aromatic rings. The summed E-state index contributed by atoms with van der Waals surface area (Å²) in [7, 11) is 1.83. The molecular formula is C17H25NO2. The van der Waals surface area contributed by atoms with Gasteiger partial charge in [0.05, 0.1) is 12.0 Å². The maximum atomic E-state index is 12.2. The van der Waals surface area contributed by atoms with Crippen molar-refractivity contribution in [1.82, 2.24) is 4.90 Å². The van der Waals surface area contributed by atoms with Gasteiger partial charge in [-0.05, 0) is 37.3 Å². The van der Waals surface area contributed by atoms with Crippen molar-refractivity contribution >= 4 is 5.91 Å². The molecule has 20 heavy (non-hydrogen) atoms. The fourth-order valence-electron chi connectivity index (χ4n) is 2.89. The van der Waals surface area contributed by atoms with Crippen molar-refractivity contribution < 1.29 is 9.90 Å². The maximum absolute atomic E-state index is 12.2. The fourth-order valence-corrected chi connectivity index (χ4v) is 2.89. The Morgan fingerprint density at radius 3 is 2.60 bits per heavy atom. The minimum absolute atomic E-state index is 0.126. The number of hydrogen-bond donors (Lipinski definition) is 1. The van der Waals surface area contributed by atoms with Gasteiger partial charge in [0.25, 0.3) is 0 Å². The minimum Gasteiger partial charge on any atom is -0.390 e. The van der Waals surface area contributed by atoms with E-state index >= 15 is 0 Å². The Kier molecular flexibility index (Phi) is 4.81. The molecule has 110 valence electrons. The Labute approximate surface area is 121 Å². The summed E-state index contributed by atoms with van der Waals surface area (Å²) in [5.41, 5.74) is 1.71. The standard InChI is InChI=1S/C17H25NO2/c1-14-7-3-4-8-15(14)13-16(19)18(2)12-11-17(20)9-5-6-10-17/h3-4,7-8,20H,5-6,9-13H2,1-2H3. The van der Waals surface area contributed by atoms with Crippen LogP contribution in [0.2, 0.25) is 0 Å².